The zero-order chi connectivity index (χ0) is 20.8. The maximum absolute atomic E-state index is 12.5. The number of anilines is 2. The average Bonchev–Trinajstić information content (AvgIpc) is 2.71. The van der Waals surface area contributed by atoms with E-state index in [1.165, 1.54) is 12.5 Å². The van der Waals surface area contributed by atoms with E-state index in [0.717, 1.165) is 5.56 Å². The minimum absolute atomic E-state index is 0.0251. The lowest BCUT2D eigenvalue weighted by atomic mass is 9.95. The second kappa shape index (κ2) is 9.37. The van der Waals surface area contributed by atoms with Crippen LogP contribution in [0.3, 0.4) is 0 Å². The van der Waals surface area contributed by atoms with Crippen LogP contribution in [0.15, 0.2) is 48.5 Å². The summed E-state index contributed by atoms with van der Waals surface area (Å²) in [4.78, 5) is 38.0. The summed E-state index contributed by atoms with van der Waals surface area (Å²) in [5.74, 6) is -0.150. The highest BCUT2D eigenvalue weighted by Gasteiger charge is 2.27. The number of likely N-dealkylation sites (tertiary alicyclic amines) is 1. The highest BCUT2D eigenvalue weighted by atomic mass is 16.2. The maximum Gasteiger partial charge on any atom is 0.227 e. The topological polar surface area (TPSA) is 78.5 Å². The van der Waals surface area contributed by atoms with Crippen LogP contribution in [0.1, 0.15) is 30.9 Å². The van der Waals surface area contributed by atoms with Crippen LogP contribution in [-0.4, -0.2) is 35.7 Å². The lowest BCUT2D eigenvalue weighted by Gasteiger charge is -2.31. The number of nitrogens with zero attached hydrogens (tertiary/aromatic N) is 1. The molecule has 1 aliphatic heterocycles. The highest BCUT2D eigenvalue weighted by Crippen LogP contribution is 2.21. The maximum atomic E-state index is 12.5. The molecule has 2 N–H and O–H groups in total. The largest absolute Gasteiger partial charge is 0.342 e. The van der Waals surface area contributed by atoms with Gasteiger partial charge in [-0.2, -0.15) is 0 Å². The molecule has 29 heavy (non-hydrogen) atoms. The second-order valence-electron chi connectivity index (χ2n) is 7.57. The lowest BCUT2D eigenvalue weighted by Crippen LogP contribution is -2.42. The van der Waals surface area contributed by atoms with Crippen LogP contribution in [0.25, 0.3) is 0 Å². The normalized spacial score (nSPS) is 14.3. The van der Waals surface area contributed by atoms with Gasteiger partial charge in [0.25, 0.3) is 0 Å². The predicted octanol–water partition coefficient (Wildman–Crippen LogP) is 3.37. The Bertz CT molecular complexity index is 867. The summed E-state index contributed by atoms with van der Waals surface area (Å²) in [7, 11) is 0. The first-order valence-electron chi connectivity index (χ1n) is 9.92. The summed E-state index contributed by atoms with van der Waals surface area (Å²) < 4.78 is 0. The van der Waals surface area contributed by atoms with Crippen molar-refractivity contribution in [3.8, 4) is 0 Å². The standard InChI is InChI=1S/C23H27N3O3/c1-16-3-5-18(6-4-16)15-22(28)26-13-11-19(12-14-26)23(29)25-21-9-7-20(8-10-21)24-17(2)27/h3-10,19H,11-15H2,1-2H3,(H,24,27)(H,25,29). The first-order chi connectivity index (χ1) is 13.9. The van der Waals surface area contributed by atoms with E-state index in [-0.39, 0.29) is 23.6 Å². The Morgan fingerprint density at radius 3 is 2.00 bits per heavy atom. The van der Waals surface area contributed by atoms with Crippen LogP contribution in [-0.2, 0) is 20.8 Å². The Morgan fingerprint density at radius 2 is 1.45 bits per heavy atom. The molecular formula is C23H27N3O3. The summed E-state index contributed by atoms with van der Waals surface area (Å²) in [6.07, 6.45) is 1.72. The van der Waals surface area contributed by atoms with E-state index >= 15 is 0 Å². The third-order valence-corrected chi connectivity index (χ3v) is 5.17. The molecule has 6 nitrogen and oxygen atoms in total. The van der Waals surface area contributed by atoms with Crippen molar-refractivity contribution in [2.75, 3.05) is 23.7 Å². The minimum atomic E-state index is -0.134. The SMILES string of the molecule is CC(=O)Nc1ccc(NC(=O)C2CCN(C(=O)Cc3ccc(C)cc3)CC2)cc1. The van der Waals surface area contributed by atoms with Gasteiger partial charge < -0.3 is 15.5 Å². The van der Waals surface area contributed by atoms with Gasteiger partial charge in [-0.05, 0) is 49.6 Å². The summed E-state index contributed by atoms with van der Waals surface area (Å²) in [5.41, 5.74) is 3.58. The Hall–Kier alpha value is -3.15. The molecule has 0 atom stereocenters. The number of aryl methyl sites for hydroxylation is 1. The van der Waals surface area contributed by atoms with Crippen LogP contribution in [0.5, 0.6) is 0 Å². The average molecular weight is 393 g/mol. The Kier molecular flexibility index (Phi) is 6.65. The molecule has 1 aliphatic rings. The van der Waals surface area contributed by atoms with Crippen LogP contribution in [0.2, 0.25) is 0 Å². The predicted molar refractivity (Wildman–Crippen MR) is 114 cm³/mol. The molecule has 152 valence electrons. The Morgan fingerprint density at radius 1 is 0.897 bits per heavy atom. The first kappa shape index (κ1) is 20.6. The number of amides is 3. The monoisotopic (exact) mass is 393 g/mol. The molecule has 0 bridgehead atoms. The van der Waals surface area contributed by atoms with E-state index in [1.54, 1.807) is 24.3 Å². The third kappa shape index (κ3) is 5.91. The minimum Gasteiger partial charge on any atom is -0.342 e. The van der Waals surface area contributed by atoms with Crippen molar-refractivity contribution in [2.45, 2.75) is 33.1 Å². The van der Waals surface area contributed by atoms with Gasteiger partial charge in [0, 0.05) is 37.3 Å². The number of benzene rings is 2. The van der Waals surface area contributed by atoms with Crippen molar-refractivity contribution in [2.24, 2.45) is 5.92 Å². The van der Waals surface area contributed by atoms with Crippen molar-refractivity contribution in [3.05, 3.63) is 59.7 Å². The van der Waals surface area contributed by atoms with E-state index in [4.69, 9.17) is 0 Å². The number of hydrogen-bond acceptors (Lipinski definition) is 3. The summed E-state index contributed by atoms with van der Waals surface area (Å²) in [6, 6.07) is 15.1. The molecule has 2 aromatic carbocycles. The van der Waals surface area contributed by atoms with Gasteiger partial charge >= 0.3 is 0 Å². The highest BCUT2D eigenvalue weighted by molar-refractivity contribution is 5.93. The van der Waals surface area contributed by atoms with Crippen molar-refractivity contribution in [1.82, 2.24) is 4.90 Å². The van der Waals surface area contributed by atoms with Crippen molar-refractivity contribution < 1.29 is 14.4 Å². The quantitative estimate of drug-likeness (QED) is 0.817. The molecule has 0 unspecified atom stereocenters. The summed E-state index contributed by atoms with van der Waals surface area (Å²) in [6.45, 7) is 4.68. The van der Waals surface area contributed by atoms with E-state index in [1.807, 2.05) is 36.1 Å². The van der Waals surface area contributed by atoms with Crippen LogP contribution in [0, 0.1) is 12.8 Å². The fourth-order valence-corrected chi connectivity index (χ4v) is 3.47. The smallest absolute Gasteiger partial charge is 0.227 e. The van der Waals surface area contributed by atoms with E-state index in [2.05, 4.69) is 10.6 Å². The number of rotatable bonds is 5. The molecule has 3 amide bonds. The molecule has 0 spiro atoms. The van der Waals surface area contributed by atoms with E-state index < -0.39 is 0 Å². The van der Waals surface area contributed by atoms with Gasteiger partial charge in [-0.1, -0.05) is 29.8 Å². The van der Waals surface area contributed by atoms with Gasteiger partial charge in [0.15, 0.2) is 0 Å². The molecule has 0 saturated carbocycles. The number of carbonyl (C=O) groups is 3. The molecule has 0 aromatic heterocycles. The van der Waals surface area contributed by atoms with Gasteiger partial charge in [0.1, 0.15) is 0 Å². The van der Waals surface area contributed by atoms with Crippen LogP contribution in [0.4, 0.5) is 11.4 Å². The van der Waals surface area contributed by atoms with Gasteiger partial charge in [-0.3, -0.25) is 14.4 Å². The molecule has 6 heteroatoms. The van der Waals surface area contributed by atoms with Crippen molar-refractivity contribution >= 4 is 29.1 Å². The number of piperidine rings is 1. The second-order valence-corrected chi connectivity index (χ2v) is 7.57. The molecular weight excluding hydrogens is 366 g/mol. The molecule has 0 radical (unpaired) electrons. The number of nitrogens with one attached hydrogen (secondary N) is 2. The Balaban J connectivity index is 1.47. The fourth-order valence-electron chi connectivity index (χ4n) is 3.47. The van der Waals surface area contributed by atoms with E-state index in [0.29, 0.717) is 43.7 Å². The van der Waals surface area contributed by atoms with Gasteiger partial charge in [0.05, 0.1) is 6.42 Å². The Labute approximate surface area is 171 Å². The van der Waals surface area contributed by atoms with Crippen molar-refractivity contribution in [3.63, 3.8) is 0 Å². The van der Waals surface area contributed by atoms with Crippen LogP contribution < -0.4 is 10.6 Å². The van der Waals surface area contributed by atoms with Crippen LogP contribution >= 0.6 is 0 Å². The molecule has 1 saturated heterocycles. The van der Waals surface area contributed by atoms with Gasteiger partial charge in [0.2, 0.25) is 17.7 Å². The third-order valence-electron chi connectivity index (χ3n) is 5.17. The zero-order valence-electron chi connectivity index (χ0n) is 16.9. The fraction of sp³-hybridized carbons (Fsp3) is 0.348. The zero-order valence-corrected chi connectivity index (χ0v) is 16.9. The van der Waals surface area contributed by atoms with Crippen molar-refractivity contribution in [1.29, 1.82) is 0 Å². The van der Waals surface area contributed by atoms with Gasteiger partial charge in [-0.25, -0.2) is 0 Å². The molecule has 3 rings (SSSR count). The molecule has 1 heterocycles. The first-order valence-corrected chi connectivity index (χ1v) is 9.92. The number of carbonyl (C=O) groups excluding carboxylic acids is 3. The number of hydrogen-bond donors (Lipinski definition) is 2. The molecule has 2 aromatic rings. The van der Waals surface area contributed by atoms with Gasteiger partial charge in [-0.15, -0.1) is 0 Å². The summed E-state index contributed by atoms with van der Waals surface area (Å²) >= 11 is 0. The molecule has 0 aliphatic carbocycles. The summed E-state index contributed by atoms with van der Waals surface area (Å²) in [5, 5.41) is 5.62. The lowest BCUT2D eigenvalue weighted by molar-refractivity contribution is -0.133. The molecule has 1 fully saturated rings. The van der Waals surface area contributed by atoms with E-state index in [9.17, 15) is 14.4 Å².